The highest BCUT2D eigenvalue weighted by Gasteiger charge is 2.32. The first-order valence-corrected chi connectivity index (χ1v) is 10.3. The lowest BCUT2D eigenvalue weighted by atomic mass is 10.1. The summed E-state index contributed by atoms with van der Waals surface area (Å²) in [5.41, 5.74) is 4.42. The third kappa shape index (κ3) is 3.40. The van der Waals surface area contributed by atoms with Crippen molar-refractivity contribution in [3.05, 3.63) is 90.7 Å². The van der Waals surface area contributed by atoms with Crippen LogP contribution in [-0.2, 0) is 0 Å². The second-order valence-electron chi connectivity index (χ2n) is 7.66. The van der Waals surface area contributed by atoms with Crippen LogP contribution in [0.1, 0.15) is 11.9 Å². The SMILES string of the molecule is FC(F)(F)Oc1ccc(-c2ccc([C@H]3Nc4ccccc4-c4nc5ccccc5n43)o2)cc1. The number of fused-ring (bicyclic) bond motifs is 5. The standard InChI is InChI=1S/C25H16F3N3O2/c26-25(27,28)33-16-11-9-15(10-12-16)21-13-14-22(32-21)24-29-18-6-2-1-5-17(18)23-30-19-7-3-4-8-20(19)31(23)24/h1-14,24,29H/t24-/m0/s1. The zero-order valence-corrected chi connectivity index (χ0v) is 17.0. The fraction of sp³-hybridized carbons (Fsp3) is 0.0800. The van der Waals surface area contributed by atoms with E-state index >= 15 is 0 Å². The van der Waals surface area contributed by atoms with Crippen molar-refractivity contribution in [2.75, 3.05) is 5.32 Å². The largest absolute Gasteiger partial charge is 0.573 e. The summed E-state index contributed by atoms with van der Waals surface area (Å²) in [6.07, 6.45) is -5.07. The Hall–Kier alpha value is -4.20. The van der Waals surface area contributed by atoms with Crippen LogP contribution in [0.2, 0.25) is 0 Å². The van der Waals surface area contributed by atoms with E-state index < -0.39 is 6.36 Å². The number of aromatic nitrogens is 2. The van der Waals surface area contributed by atoms with E-state index in [0.29, 0.717) is 17.1 Å². The molecule has 0 unspecified atom stereocenters. The quantitative estimate of drug-likeness (QED) is 0.329. The molecule has 0 radical (unpaired) electrons. The summed E-state index contributed by atoms with van der Waals surface area (Å²) in [6.45, 7) is 0. The minimum Gasteiger partial charge on any atom is -0.457 e. The van der Waals surface area contributed by atoms with Crippen molar-refractivity contribution in [1.29, 1.82) is 0 Å². The molecule has 6 rings (SSSR count). The van der Waals surface area contributed by atoms with E-state index in [4.69, 9.17) is 9.40 Å². The number of ether oxygens (including phenoxy) is 1. The highest BCUT2D eigenvalue weighted by atomic mass is 19.4. The Morgan fingerprint density at radius 3 is 2.45 bits per heavy atom. The Morgan fingerprint density at radius 2 is 1.64 bits per heavy atom. The molecule has 164 valence electrons. The first kappa shape index (κ1) is 19.5. The van der Waals surface area contributed by atoms with Crippen LogP contribution in [0.3, 0.4) is 0 Å². The number of hydrogen-bond acceptors (Lipinski definition) is 4. The summed E-state index contributed by atoms with van der Waals surface area (Å²) >= 11 is 0. The van der Waals surface area contributed by atoms with Crippen molar-refractivity contribution in [2.45, 2.75) is 12.5 Å². The first-order valence-electron chi connectivity index (χ1n) is 10.3. The van der Waals surface area contributed by atoms with Gasteiger partial charge < -0.3 is 14.5 Å². The van der Waals surface area contributed by atoms with Gasteiger partial charge in [-0.15, -0.1) is 13.2 Å². The maximum Gasteiger partial charge on any atom is 0.573 e. The molecular weight excluding hydrogens is 431 g/mol. The normalized spacial score (nSPS) is 15.1. The molecule has 3 heterocycles. The third-order valence-corrected chi connectivity index (χ3v) is 5.58. The number of rotatable bonds is 3. The maximum atomic E-state index is 12.4. The summed E-state index contributed by atoms with van der Waals surface area (Å²) in [5.74, 6) is 1.75. The molecule has 3 aromatic carbocycles. The van der Waals surface area contributed by atoms with Gasteiger partial charge >= 0.3 is 6.36 Å². The number of benzene rings is 3. The smallest absolute Gasteiger partial charge is 0.457 e. The van der Waals surface area contributed by atoms with E-state index in [1.165, 1.54) is 24.3 Å². The summed E-state index contributed by atoms with van der Waals surface area (Å²) in [6, 6.07) is 25.1. The van der Waals surface area contributed by atoms with Gasteiger partial charge in [-0.3, -0.25) is 4.57 Å². The minimum absolute atomic E-state index is 0.280. The number of nitrogens with zero attached hydrogens (tertiary/aromatic N) is 2. The summed E-state index contributed by atoms with van der Waals surface area (Å²) < 4.78 is 49.5. The number of para-hydroxylation sites is 3. The molecule has 1 N–H and O–H groups in total. The molecule has 33 heavy (non-hydrogen) atoms. The molecular formula is C25H16F3N3O2. The van der Waals surface area contributed by atoms with Gasteiger partial charge in [0.2, 0.25) is 0 Å². The average molecular weight is 447 g/mol. The van der Waals surface area contributed by atoms with Gasteiger partial charge in [0.15, 0.2) is 6.17 Å². The zero-order valence-electron chi connectivity index (χ0n) is 17.0. The lowest BCUT2D eigenvalue weighted by Gasteiger charge is -2.28. The summed E-state index contributed by atoms with van der Waals surface area (Å²) in [4.78, 5) is 4.85. The third-order valence-electron chi connectivity index (χ3n) is 5.58. The van der Waals surface area contributed by atoms with Gasteiger partial charge in [0.05, 0.1) is 11.0 Å². The second-order valence-corrected chi connectivity index (χ2v) is 7.66. The molecule has 1 aliphatic rings. The Bertz CT molecular complexity index is 1470. The predicted octanol–water partition coefficient (Wildman–Crippen LogP) is 6.83. The Morgan fingerprint density at radius 1 is 0.879 bits per heavy atom. The van der Waals surface area contributed by atoms with E-state index in [1.807, 2.05) is 54.6 Å². The van der Waals surface area contributed by atoms with E-state index in [0.717, 1.165) is 28.1 Å². The van der Waals surface area contributed by atoms with Crippen LogP contribution >= 0.6 is 0 Å². The highest BCUT2D eigenvalue weighted by molar-refractivity contribution is 5.86. The average Bonchev–Trinajstić information content (AvgIpc) is 3.44. The molecule has 1 aliphatic heterocycles. The lowest BCUT2D eigenvalue weighted by Crippen LogP contribution is -2.24. The van der Waals surface area contributed by atoms with Crippen molar-refractivity contribution >= 4 is 16.7 Å². The van der Waals surface area contributed by atoms with Gasteiger partial charge in [-0.2, -0.15) is 0 Å². The van der Waals surface area contributed by atoms with E-state index in [1.54, 1.807) is 6.07 Å². The van der Waals surface area contributed by atoms with E-state index in [2.05, 4.69) is 14.6 Å². The number of imidazole rings is 1. The summed E-state index contributed by atoms with van der Waals surface area (Å²) in [7, 11) is 0. The molecule has 0 saturated carbocycles. The highest BCUT2D eigenvalue weighted by Crippen LogP contribution is 2.41. The number of anilines is 1. The van der Waals surface area contributed by atoms with Crippen LogP contribution in [-0.4, -0.2) is 15.9 Å². The molecule has 5 aromatic rings. The first-order chi connectivity index (χ1) is 16.0. The van der Waals surface area contributed by atoms with Gasteiger partial charge in [0, 0.05) is 16.8 Å². The molecule has 0 aliphatic carbocycles. The van der Waals surface area contributed by atoms with Crippen molar-refractivity contribution in [2.24, 2.45) is 0 Å². The molecule has 2 aromatic heterocycles. The summed E-state index contributed by atoms with van der Waals surface area (Å²) in [5, 5.41) is 3.53. The van der Waals surface area contributed by atoms with Crippen molar-refractivity contribution in [1.82, 2.24) is 9.55 Å². The number of furan rings is 1. The molecule has 1 atom stereocenters. The minimum atomic E-state index is -4.73. The molecule has 0 bridgehead atoms. The van der Waals surface area contributed by atoms with Crippen LogP contribution in [0.25, 0.3) is 33.7 Å². The maximum absolute atomic E-state index is 12.4. The fourth-order valence-corrected chi connectivity index (χ4v) is 4.19. The predicted molar refractivity (Wildman–Crippen MR) is 118 cm³/mol. The van der Waals surface area contributed by atoms with E-state index in [-0.39, 0.29) is 11.9 Å². The molecule has 5 nitrogen and oxygen atoms in total. The van der Waals surface area contributed by atoms with Crippen LogP contribution in [0.4, 0.5) is 18.9 Å². The van der Waals surface area contributed by atoms with Crippen LogP contribution in [0.5, 0.6) is 5.75 Å². The zero-order chi connectivity index (χ0) is 22.6. The molecule has 0 amide bonds. The second kappa shape index (κ2) is 7.16. The monoisotopic (exact) mass is 447 g/mol. The Labute approximate surface area is 186 Å². The molecule has 0 fully saturated rings. The van der Waals surface area contributed by atoms with Gasteiger partial charge in [-0.25, -0.2) is 4.98 Å². The van der Waals surface area contributed by atoms with Crippen molar-refractivity contribution in [3.8, 4) is 28.5 Å². The number of nitrogens with one attached hydrogen (secondary N) is 1. The fourth-order valence-electron chi connectivity index (χ4n) is 4.19. The van der Waals surface area contributed by atoms with Gasteiger partial charge in [-0.1, -0.05) is 24.3 Å². The van der Waals surface area contributed by atoms with Crippen molar-refractivity contribution in [3.63, 3.8) is 0 Å². The molecule has 8 heteroatoms. The number of alkyl halides is 3. The Kier molecular flexibility index (Phi) is 4.23. The molecule has 0 spiro atoms. The Balaban J connectivity index is 1.40. The molecule has 0 saturated heterocycles. The van der Waals surface area contributed by atoms with Gasteiger partial charge in [-0.05, 0) is 60.7 Å². The van der Waals surface area contributed by atoms with Crippen LogP contribution in [0.15, 0.2) is 89.3 Å². The number of hydrogen-bond donors (Lipinski definition) is 1. The van der Waals surface area contributed by atoms with Crippen molar-refractivity contribution < 1.29 is 22.3 Å². The topological polar surface area (TPSA) is 52.2 Å². The number of halogens is 3. The van der Waals surface area contributed by atoms with Gasteiger partial charge in [0.25, 0.3) is 0 Å². The van der Waals surface area contributed by atoms with Crippen LogP contribution < -0.4 is 10.1 Å². The van der Waals surface area contributed by atoms with Crippen LogP contribution in [0, 0.1) is 0 Å². The van der Waals surface area contributed by atoms with Gasteiger partial charge in [0.1, 0.15) is 23.1 Å². The lowest BCUT2D eigenvalue weighted by molar-refractivity contribution is -0.274. The van der Waals surface area contributed by atoms with E-state index in [9.17, 15) is 13.2 Å².